The molecule has 4 aliphatic rings. The first kappa shape index (κ1) is 12.0. The van der Waals surface area contributed by atoms with Crippen molar-refractivity contribution in [3.05, 3.63) is 24.0 Å². The van der Waals surface area contributed by atoms with Crippen LogP contribution in [0, 0.1) is 11.8 Å². The monoisotopic (exact) mass is 261 g/mol. The number of nitrogens with one attached hydrogen (secondary N) is 1. The van der Waals surface area contributed by atoms with Gasteiger partial charge >= 0.3 is 0 Å². The van der Waals surface area contributed by atoms with E-state index in [4.69, 9.17) is 0 Å². The summed E-state index contributed by atoms with van der Waals surface area (Å²) in [5.41, 5.74) is 0. The predicted octanol–water partition coefficient (Wildman–Crippen LogP) is 1.97. The maximum atomic E-state index is 9.82. The third-order valence-corrected chi connectivity index (χ3v) is 5.94. The maximum Gasteiger partial charge on any atom is 0.115 e. The summed E-state index contributed by atoms with van der Waals surface area (Å²) in [4.78, 5) is 0. The predicted molar refractivity (Wildman–Crippen MR) is 75.7 cm³/mol. The lowest BCUT2D eigenvalue weighted by Gasteiger charge is -2.40. The van der Waals surface area contributed by atoms with Gasteiger partial charge in [-0.1, -0.05) is 0 Å². The summed E-state index contributed by atoms with van der Waals surface area (Å²) in [6.07, 6.45) is 11.6. The molecule has 1 saturated heterocycles. The average Bonchev–Trinajstić information content (AvgIpc) is 3.00. The molecule has 2 N–H and O–H groups in total. The Bertz CT molecular complexity index is 450. The van der Waals surface area contributed by atoms with Gasteiger partial charge in [0, 0.05) is 17.9 Å². The zero-order valence-electron chi connectivity index (χ0n) is 11.9. The topological polar surface area (TPSA) is 32.3 Å². The quantitative estimate of drug-likeness (QED) is 0.745. The number of hydrogen-bond acceptors (Lipinski definition) is 2. The normalized spacial score (nSPS) is 46.8. The molecule has 0 aromatic rings. The van der Waals surface area contributed by atoms with Crippen molar-refractivity contribution in [2.75, 3.05) is 14.1 Å². The van der Waals surface area contributed by atoms with Crippen LogP contribution in [-0.4, -0.2) is 47.9 Å². The molecule has 5 atom stereocenters. The second-order valence-electron chi connectivity index (χ2n) is 7.43. The summed E-state index contributed by atoms with van der Waals surface area (Å²) < 4.78 is 1.08. The van der Waals surface area contributed by atoms with Crippen molar-refractivity contribution >= 4 is 0 Å². The van der Waals surface area contributed by atoms with Gasteiger partial charge in [0.05, 0.1) is 20.1 Å². The van der Waals surface area contributed by atoms with E-state index in [1.807, 2.05) is 6.08 Å². The minimum Gasteiger partial charge on any atom is -0.508 e. The molecule has 1 heterocycles. The molecule has 2 saturated carbocycles. The summed E-state index contributed by atoms with van der Waals surface area (Å²) in [7, 11) is 4.77. The van der Waals surface area contributed by atoms with E-state index in [1.165, 1.54) is 25.7 Å². The third-order valence-electron chi connectivity index (χ3n) is 5.94. The number of aliphatic hydroxyl groups is 1. The van der Waals surface area contributed by atoms with Crippen LogP contribution in [0.3, 0.4) is 0 Å². The van der Waals surface area contributed by atoms with Gasteiger partial charge in [0.15, 0.2) is 0 Å². The molecule has 0 amide bonds. The first-order chi connectivity index (χ1) is 9.07. The Morgan fingerprint density at radius 1 is 1.21 bits per heavy atom. The van der Waals surface area contributed by atoms with E-state index >= 15 is 0 Å². The first-order valence-electron chi connectivity index (χ1n) is 7.76. The van der Waals surface area contributed by atoms with Gasteiger partial charge < -0.3 is 14.9 Å². The number of likely N-dealkylation sites (tertiary alicyclic amines) is 1. The van der Waals surface area contributed by atoms with Gasteiger partial charge in [0.2, 0.25) is 0 Å². The minimum absolute atomic E-state index is 0.473. The molecule has 104 valence electrons. The number of rotatable bonds is 2. The summed E-state index contributed by atoms with van der Waals surface area (Å²) >= 11 is 0. The molecule has 4 rings (SSSR count). The van der Waals surface area contributed by atoms with Crippen molar-refractivity contribution in [1.29, 1.82) is 0 Å². The molecule has 0 bridgehead atoms. The van der Waals surface area contributed by atoms with Crippen LogP contribution in [-0.2, 0) is 0 Å². The van der Waals surface area contributed by atoms with Crippen molar-refractivity contribution in [3.8, 4) is 0 Å². The first-order valence-corrected chi connectivity index (χ1v) is 7.76. The number of likely N-dealkylation sites (N-methyl/N-ethyl adjacent to an activating group) is 1. The van der Waals surface area contributed by atoms with Gasteiger partial charge in [0.1, 0.15) is 17.8 Å². The van der Waals surface area contributed by atoms with Crippen LogP contribution >= 0.6 is 0 Å². The fraction of sp³-hybridized carbons (Fsp3) is 0.750. The van der Waals surface area contributed by atoms with Crippen LogP contribution in [0.5, 0.6) is 0 Å². The van der Waals surface area contributed by atoms with E-state index in [0.717, 1.165) is 16.4 Å². The lowest BCUT2D eigenvalue weighted by atomic mass is 9.85. The molecule has 5 unspecified atom stereocenters. The van der Waals surface area contributed by atoms with E-state index in [2.05, 4.69) is 31.6 Å². The SMILES string of the molecule is C[N+]1(C)C2C=CC(O)=CC2C2CCC(NC3CC3)C21. The largest absolute Gasteiger partial charge is 0.508 e. The minimum atomic E-state index is 0.473. The molecule has 3 aliphatic carbocycles. The number of allylic oxidation sites excluding steroid dienone is 1. The number of fused-ring (bicyclic) bond motifs is 3. The number of nitrogens with zero attached hydrogens (tertiary/aromatic N) is 1. The van der Waals surface area contributed by atoms with E-state index in [9.17, 15) is 5.11 Å². The Morgan fingerprint density at radius 2 is 2.00 bits per heavy atom. The van der Waals surface area contributed by atoms with Crippen molar-refractivity contribution in [2.24, 2.45) is 11.8 Å². The molecule has 19 heavy (non-hydrogen) atoms. The zero-order valence-corrected chi connectivity index (χ0v) is 11.9. The average molecular weight is 261 g/mol. The summed E-state index contributed by atoms with van der Waals surface area (Å²) in [5.74, 6) is 1.75. The van der Waals surface area contributed by atoms with Crippen LogP contribution in [0.15, 0.2) is 24.0 Å². The van der Waals surface area contributed by atoms with Crippen LogP contribution in [0.1, 0.15) is 25.7 Å². The lowest BCUT2D eigenvalue weighted by molar-refractivity contribution is -0.922. The molecule has 0 aromatic heterocycles. The van der Waals surface area contributed by atoms with Gasteiger partial charge in [-0.05, 0) is 43.9 Å². The highest BCUT2D eigenvalue weighted by molar-refractivity contribution is 5.25. The molecular weight excluding hydrogens is 236 g/mol. The zero-order chi connectivity index (χ0) is 13.2. The van der Waals surface area contributed by atoms with Crippen molar-refractivity contribution in [1.82, 2.24) is 5.32 Å². The second kappa shape index (κ2) is 3.86. The molecule has 3 heteroatoms. The Morgan fingerprint density at radius 3 is 2.74 bits per heavy atom. The fourth-order valence-corrected chi connectivity index (χ4v) is 5.04. The number of hydrogen-bond donors (Lipinski definition) is 2. The Balaban J connectivity index is 1.65. The number of quaternary nitrogens is 1. The molecular formula is C16H25N2O+. The Hall–Kier alpha value is -0.800. The van der Waals surface area contributed by atoms with Gasteiger partial charge in [-0.25, -0.2) is 0 Å². The highest BCUT2D eigenvalue weighted by atomic mass is 16.3. The molecule has 3 nitrogen and oxygen atoms in total. The fourth-order valence-electron chi connectivity index (χ4n) is 5.04. The van der Waals surface area contributed by atoms with Crippen molar-refractivity contribution in [3.63, 3.8) is 0 Å². The molecule has 1 aliphatic heterocycles. The number of aliphatic hydroxyl groups excluding tert-OH is 1. The Labute approximate surface area is 115 Å². The smallest absolute Gasteiger partial charge is 0.115 e. The van der Waals surface area contributed by atoms with Crippen molar-refractivity contribution in [2.45, 2.75) is 49.9 Å². The third kappa shape index (κ3) is 1.71. The van der Waals surface area contributed by atoms with E-state index in [0.29, 0.717) is 29.8 Å². The van der Waals surface area contributed by atoms with Crippen molar-refractivity contribution < 1.29 is 9.59 Å². The van der Waals surface area contributed by atoms with Crippen LogP contribution in [0.25, 0.3) is 0 Å². The molecule has 0 aromatic carbocycles. The molecule has 3 fully saturated rings. The summed E-state index contributed by atoms with van der Waals surface area (Å²) in [5, 5.41) is 13.7. The summed E-state index contributed by atoms with van der Waals surface area (Å²) in [6.45, 7) is 0. The van der Waals surface area contributed by atoms with Crippen LogP contribution < -0.4 is 5.32 Å². The van der Waals surface area contributed by atoms with Gasteiger partial charge in [-0.15, -0.1) is 0 Å². The molecule has 0 spiro atoms. The summed E-state index contributed by atoms with van der Waals surface area (Å²) in [6, 6.07) is 2.74. The van der Waals surface area contributed by atoms with E-state index < -0.39 is 0 Å². The van der Waals surface area contributed by atoms with Gasteiger partial charge in [-0.3, -0.25) is 0 Å². The lowest BCUT2D eigenvalue weighted by Crippen LogP contribution is -2.57. The standard InChI is InChI=1S/C16H24N2O/c1-18(2)15-8-5-11(19)9-13(15)12-6-7-14(16(12)18)17-10-3-4-10/h5,8-10,12-17H,3-4,6-7H2,1-2H3/p+1. The highest BCUT2D eigenvalue weighted by Gasteiger charge is 2.61. The van der Waals surface area contributed by atoms with Gasteiger partial charge in [0.25, 0.3) is 0 Å². The van der Waals surface area contributed by atoms with Crippen LogP contribution in [0.2, 0.25) is 0 Å². The Kier molecular flexibility index (Phi) is 2.43. The van der Waals surface area contributed by atoms with E-state index in [-0.39, 0.29) is 0 Å². The highest BCUT2D eigenvalue weighted by Crippen LogP contribution is 2.50. The second-order valence-corrected chi connectivity index (χ2v) is 7.43. The van der Waals surface area contributed by atoms with Gasteiger partial charge in [-0.2, -0.15) is 0 Å². The molecule has 0 radical (unpaired) electrons. The maximum absolute atomic E-state index is 9.82. The van der Waals surface area contributed by atoms with E-state index in [1.54, 1.807) is 0 Å². The van der Waals surface area contributed by atoms with Crippen LogP contribution in [0.4, 0.5) is 0 Å².